The maximum atomic E-state index is 12.2. The molecule has 2 aromatic carbocycles. The van der Waals surface area contributed by atoms with Gasteiger partial charge in [0, 0.05) is 5.69 Å². The zero-order chi connectivity index (χ0) is 16.9. The van der Waals surface area contributed by atoms with Crippen LogP contribution in [-0.2, 0) is 19.4 Å². The van der Waals surface area contributed by atoms with Gasteiger partial charge >= 0.3 is 6.61 Å². The molecule has 2 aromatic rings. The van der Waals surface area contributed by atoms with Gasteiger partial charge in [-0.25, -0.2) is 4.99 Å². The molecule has 126 valence electrons. The van der Waals surface area contributed by atoms with Crippen molar-refractivity contribution in [1.82, 2.24) is 0 Å². The van der Waals surface area contributed by atoms with Crippen molar-refractivity contribution in [2.75, 3.05) is 5.32 Å². The summed E-state index contributed by atoms with van der Waals surface area (Å²) in [6.45, 7) is -2.56. The highest BCUT2D eigenvalue weighted by Crippen LogP contribution is 2.24. The summed E-state index contributed by atoms with van der Waals surface area (Å²) in [4.78, 5) is 4.24. The van der Waals surface area contributed by atoms with E-state index in [4.69, 9.17) is 5.73 Å². The molecule has 0 amide bonds. The summed E-state index contributed by atoms with van der Waals surface area (Å²) in [6.07, 6.45) is 3.43. The van der Waals surface area contributed by atoms with Gasteiger partial charge in [0.05, 0.1) is 6.54 Å². The number of fused-ring (bicyclic) bond motifs is 1. The Labute approximate surface area is 139 Å². The molecule has 0 fully saturated rings. The molecule has 3 N–H and O–H groups in total. The minimum Gasteiger partial charge on any atom is -0.435 e. The maximum Gasteiger partial charge on any atom is 0.387 e. The SMILES string of the molecule is NC(=NCc1cccc(OC(F)F)c1)Nc1ccc2c(c1)CCC2. The number of rotatable bonds is 5. The molecular formula is C18H19F2N3O. The molecular weight excluding hydrogens is 312 g/mol. The number of aryl methyl sites for hydroxylation is 2. The molecule has 24 heavy (non-hydrogen) atoms. The van der Waals surface area contributed by atoms with Crippen molar-refractivity contribution < 1.29 is 13.5 Å². The van der Waals surface area contributed by atoms with Gasteiger partial charge in [-0.2, -0.15) is 8.78 Å². The number of benzene rings is 2. The predicted molar refractivity (Wildman–Crippen MR) is 90.5 cm³/mol. The van der Waals surface area contributed by atoms with Gasteiger partial charge < -0.3 is 15.8 Å². The van der Waals surface area contributed by atoms with Crippen LogP contribution in [-0.4, -0.2) is 12.6 Å². The molecule has 4 nitrogen and oxygen atoms in total. The van der Waals surface area contributed by atoms with Crippen LogP contribution in [0.15, 0.2) is 47.5 Å². The van der Waals surface area contributed by atoms with E-state index in [1.54, 1.807) is 12.1 Å². The lowest BCUT2D eigenvalue weighted by molar-refractivity contribution is -0.0498. The van der Waals surface area contributed by atoms with E-state index in [-0.39, 0.29) is 18.3 Å². The number of ether oxygens (including phenoxy) is 1. The lowest BCUT2D eigenvalue weighted by Crippen LogP contribution is -2.22. The van der Waals surface area contributed by atoms with Crippen molar-refractivity contribution in [3.05, 3.63) is 59.2 Å². The summed E-state index contributed by atoms with van der Waals surface area (Å²) >= 11 is 0. The Kier molecular flexibility index (Phi) is 4.93. The van der Waals surface area contributed by atoms with Gasteiger partial charge in [0.15, 0.2) is 5.96 Å². The minimum absolute atomic E-state index is 0.114. The molecule has 0 heterocycles. The normalized spacial score (nSPS) is 13.9. The van der Waals surface area contributed by atoms with E-state index < -0.39 is 6.61 Å². The summed E-state index contributed by atoms with van der Waals surface area (Å²) in [5.74, 6) is 0.399. The highest BCUT2D eigenvalue weighted by Gasteiger charge is 2.11. The van der Waals surface area contributed by atoms with E-state index in [2.05, 4.69) is 27.2 Å². The van der Waals surface area contributed by atoms with Crippen LogP contribution in [0.4, 0.5) is 14.5 Å². The number of guanidine groups is 1. The highest BCUT2D eigenvalue weighted by molar-refractivity contribution is 5.92. The molecule has 3 rings (SSSR count). The Morgan fingerprint density at radius 1 is 1.17 bits per heavy atom. The van der Waals surface area contributed by atoms with Gasteiger partial charge in [0.25, 0.3) is 0 Å². The van der Waals surface area contributed by atoms with Crippen LogP contribution in [0.2, 0.25) is 0 Å². The first-order valence-electron chi connectivity index (χ1n) is 7.82. The van der Waals surface area contributed by atoms with E-state index in [1.165, 1.54) is 29.7 Å². The lowest BCUT2D eigenvalue weighted by Gasteiger charge is -2.08. The van der Waals surface area contributed by atoms with Crippen LogP contribution in [0.5, 0.6) is 5.75 Å². The summed E-state index contributed by atoms with van der Waals surface area (Å²) in [5.41, 5.74) is 10.3. The van der Waals surface area contributed by atoms with Gasteiger partial charge in [-0.05, 0) is 60.2 Å². The smallest absolute Gasteiger partial charge is 0.387 e. The zero-order valence-electron chi connectivity index (χ0n) is 13.1. The molecule has 0 atom stereocenters. The monoisotopic (exact) mass is 331 g/mol. The van der Waals surface area contributed by atoms with Crippen molar-refractivity contribution in [3.63, 3.8) is 0 Å². The quantitative estimate of drug-likeness (QED) is 0.649. The van der Waals surface area contributed by atoms with Gasteiger partial charge in [-0.15, -0.1) is 0 Å². The van der Waals surface area contributed by atoms with Crippen LogP contribution in [0, 0.1) is 0 Å². The number of aliphatic imine (C=N–C) groups is 1. The number of halogens is 2. The van der Waals surface area contributed by atoms with Crippen LogP contribution in [0.3, 0.4) is 0 Å². The number of nitrogens with one attached hydrogen (secondary N) is 1. The lowest BCUT2D eigenvalue weighted by atomic mass is 10.1. The van der Waals surface area contributed by atoms with Gasteiger partial charge in [-0.1, -0.05) is 18.2 Å². The Hall–Kier alpha value is -2.63. The summed E-state index contributed by atoms with van der Waals surface area (Å²) in [6, 6.07) is 12.6. The van der Waals surface area contributed by atoms with Crippen molar-refractivity contribution in [1.29, 1.82) is 0 Å². The molecule has 1 aliphatic rings. The van der Waals surface area contributed by atoms with Crippen LogP contribution >= 0.6 is 0 Å². The first kappa shape index (κ1) is 16.2. The Bertz CT molecular complexity index is 747. The van der Waals surface area contributed by atoms with Crippen molar-refractivity contribution in [2.24, 2.45) is 10.7 Å². The Morgan fingerprint density at radius 2 is 2.00 bits per heavy atom. The molecule has 0 unspecified atom stereocenters. The van der Waals surface area contributed by atoms with Crippen molar-refractivity contribution in [3.8, 4) is 5.75 Å². The highest BCUT2D eigenvalue weighted by atomic mass is 19.3. The first-order valence-corrected chi connectivity index (χ1v) is 7.82. The van der Waals surface area contributed by atoms with E-state index in [0.717, 1.165) is 24.1 Å². The molecule has 0 bridgehead atoms. The van der Waals surface area contributed by atoms with Gasteiger partial charge in [-0.3, -0.25) is 0 Å². The number of nitrogens with two attached hydrogens (primary N) is 1. The number of hydrogen-bond donors (Lipinski definition) is 2. The predicted octanol–water partition coefficient (Wildman–Crippen LogP) is 3.70. The average Bonchev–Trinajstić information content (AvgIpc) is 3.00. The third-order valence-corrected chi connectivity index (χ3v) is 3.93. The first-order chi connectivity index (χ1) is 11.6. The van der Waals surface area contributed by atoms with Crippen LogP contribution in [0.1, 0.15) is 23.1 Å². The summed E-state index contributed by atoms with van der Waals surface area (Å²) < 4.78 is 28.8. The second-order valence-corrected chi connectivity index (χ2v) is 5.69. The molecule has 0 radical (unpaired) electrons. The molecule has 0 saturated carbocycles. The molecule has 0 spiro atoms. The van der Waals surface area contributed by atoms with Crippen molar-refractivity contribution in [2.45, 2.75) is 32.4 Å². The number of nitrogens with zero attached hydrogens (tertiary/aromatic N) is 1. The van der Waals surface area contributed by atoms with Crippen molar-refractivity contribution >= 4 is 11.6 Å². The molecule has 0 aliphatic heterocycles. The average molecular weight is 331 g/mol. The fourth-order valence-electron chi connectivity index (χ4n) is 2.83. The molecule has 0 saturated heterocycles. The summed E-state index contributed by atoms with van der Waals surface area (Å²) in [7, 11) is 0. The molecule has 1 aliphatic carbocycles. The van der Waals surface area contributed by atoms with E-state index in [9.17, 15) is 8.78 Å². The third-order valence-electron chi connectivity index (χ3n) is 3.93. The number of anilines is 1. The van der Waals surface area contributed by atoms with Crippen LogP contribution < -0.4 is 15.8 Å². The molecule has 6 heteroatoms. The number of alkyl halides is 2. The maximum absolute atomic E-state index is 12.2. The number of hydrogen-bond acceptors (Lipinski definition) is 2. The zero-order valence-corrected chi connectivity index (χ0v) is 13.1. The minimum atomic E-state index is -2.84. The second kappa shape index (κ2) is 7.29. The standard InChI is InChI=1S/C18H19F2N3O/c19-17(20)24-16-6-1-3-12(9-16)11-22-18(21)23-15-8-7-13-4-2-5-14(13)10-15/h1,3,6-10,17H,2,4-5,11H2,(H3,21,22,23). The largest absolute Gasteiger partial charge is 0.435 e. The Balaban J connectivity index is 1.62. The third kappa shape index (κ3) is 4.22. The van der Waals surface area contributed by atoms with E-state index in [1.807, 2.05) is 6.07 Å². The van der Waals surface area contributed by atoms with E-state index in [0.29, 0.717) is 0 Å². The Morgan fingerprint density at radius 3 is 2.83 bits per heavy atom. The molecule has 0 aromatic heterocycles. The summed E-state index contributed by atoms with van der Waals surface area (Å²) in [5, 5.41) is 3.07. The second-order valence-electron chi connectivity index (χ2n) is 5.69. The van der Waals surface area contributed by atoms with Gasteiger partial charge in [0.1, 0.15) is 5.75 Å². The van der Waals surface area contributed by atoms with Gasteiger partial charge in [0.2, 0.25) is 0 Å². The fraction of sp³-hybridized carbons (Fsp3) is 0.278. The van der Waals surface area contributed by atoms with E-state index >= 15 is 0 Å². The van der Waals surface area contributed by atoms with Crippen LogP contribution in [0.25, 0.3) is 0 Å². The fourth-order valence-corrected chi connectivity index (χ4v) is 2.83. The topological polar surface area (TPSA) is 59.6 Å².